The van der Waals surface area contributed by atoms with Crippen LogP contribution in [-0.2, 0) is 11.3 Å². The average molecular weight is 632 g/mol. The third-order valence-corrected chi connectivity index (χ3v) is 8.71. The third kappa shape index (κ3) is 6.39. The van der Waals surface area contributed by atoms with Gasteiger partial charge in [0.05, 0.1) is 35.7 Å². The minimum Gasteiger partial charge on any atom is -0.385 e. The zero-order valence-corrected chi connectivity index (χ0v) is 25.9. The molecule has 0 radical (unpaired) electrons. The van der Waals surface area contributed by atoms with Crippen molar-refractivity contribution in [3.63, 3.8) is 0 Å². The second-order valence-corrected chi connectivity index (χ2v) is 11.3. The maximum Gasteiger partial charge on any atom is 0.326 e. The molecule has 1 aliphatic heterocycles. The minimum atomic E-state index is -1.04. The highest BCUT2D eigenvalue weighted by Gasteiger charge is 2.42. The summed E-state index contributed by atoms with van der Waals surface area (Å²) in [5.41, 5.74) is 2.48. The molecule has 0 bridgehead atoms. The number of aromatic amines is 1. The fraction of sp³-hybridized carbons (Fsp3) is 0.452. The van der Waals surface area contributed by atoms with Gasteiger partial charge in [0.2, 0.25) is 0 Å². The molecule has 2 aliphatic rings. The summed E-state index contributed by atoms with van der Waals surface area (Å²) in [5, 5.41) is 15.1. The summed E-state index contributed by atoms with van der Waals surface area (Å²) >= 11 is 0. The quantitative estimate of drug-likeness (QED) is 0.271. The summed E-state index contributed by atoms with van der Waals surface area (Å²) < 4.78 is 9.20. The van der Waals surface area contributed by atoms with Gasteiger partial charge < -0.3 is 29.6 Å². The Kier molecular flexibility index (Phi) is 10.7. The van der Waals surface area contributed by atoms with Crippen molar-refractivity contribution in [3.8, 4) is 11.3 Å². The zero-order chi connectivity index (χ0) is 28.4. The Labute approximate surface area is 263 Å². The highest BCUT2D eigenvalue weighted by Crippen LogP contribution is 2.41. The molecule has 2 aromatic carbocycles. The first-order valence-corrected chi connectivity index (χ1v) is 14.5. The number of aryl methyl sites for hydroxylation is 1. The normalized spacial score (nSPS) is 22.1. The molecule has 10 nitrogen and oxygen atoms in total. The summed E-state index contributed by atoms with van der Waals surface area (Å²) in [6.45, 7) is 2.59. The Morgan fingerprint density at radius 1 is 1.12 bits per heavy atom. The maximum absolute atomic E-state index is 14.3. The van der Waals surface area contributed by atoms with Gasteiger partial charge in [-0.15, -0.1) is 24.8 Å². The first-order valence-electron chi connectivity index (χ1n) is 14.5. The van der Waals surface area contributed by atoms with Crippen LogP contribution in [0, 0.1) is 0 Å². The van der Waals surface area contributed by atoms with Gasteiger partial charge in [-0.25, -0.2) is 9.78 Å². The van der Waals surface area contributed by atoms with E-state index < -0.39 is 5.60 Å². The van der Waals surface area contributed by atoms with E-state index in [1.165, 1.54) is 0 Å². The second-order valence-electron chi connectivity index (χ2n) is 11.3. The summed E-state index contributed by atoms with van der Waals surface area (Å²) in [6, 6.07) is 17.1. The van der Waals surface area contributed by atoms with Crippen LogP contribution in [0.3, 0.4) is 0 Å². The van der Waals surface area contributed by atoms with Crippen LogP contribution in [0.1, 0.15) is 48.6 Å². The smallest absolute Gasteiger partial charge is 0.326 e. The number of nitrogens with zero attached hydrogens (tertiary/aromatic N) is 4. The molecule has 0 spiro atoms. The average Bonchev–Trinajstić information content (AvgIpc) is 3.57. The van der Waals surface area contributed by atoms with Crippen LogP contribution >= 0.6 is 24.8 Å². The second kappa shape index (κ2) is 14.1. The number of rotatable bonds is 8. The predicted octanol–water partition coefficient (Wildman–Crippen LogP) is 4.03. The van der Waals surface area contributed by atoms with Gasteiger partial charge in [0.15, 0.2) is 5.69 Å². The van der Waals surface area contributed by atoms with E-state index >= 15 is 0 Å². The molecule has 1 aliphatic carbocycles. The standard InChI is InChI=1S/C31H38N6O4.2ClH/c1-41-20-31(40)15-8-7-13-26(31)37-21-33-27(28(37)22-9-3-2-4-10-22)29(38)35-18-16-32-19-23(35)14-17-36-25-12-6-5-11-24(25)34-30(36)39;;/h2-6,9-12,21,23,26,32,40H,7-8,13-20H2,1H3,(H,34,39);2*1H/t23-,26-,31-;;/m1../s1. The molecule has 3 N–H and O–H groups in total. The fourth-order valence-corrected chi connectivity index (χ4v) is 6.69. The van der Waals surface area contributed by atoms with E-state index in [0.717, 1.165) is 41.6 Å². The van der Waals surface area contributed by atoms with Gasteiger partial charge >= 0.3 is 5.69 Å². The minimum absolute atomic E-state index is 0. The molecule has 0 unspecified atom stereocenters. The SMILES string of the molecule is COC[C@]1(O)CCCC[C@H]1n1cnc(C(=O)N2CCNC[C@H]2CCn2c(=O)[nH]c3ccccc32)c1-c1ccccc1.Cl.Cl. The number of H-pyrrole nitrogens is 1. The molecular weight excluding hydrogens is 591 g/mol. The number of para-hydroxylation sites is 2. The van der Waals surface area contributed by atoms with Gasteiger partial charge in [0.1, 0.15) is 5.60 Å². The third-order valence-electron chi connectivity index (χ3n) is 8.71. The Balaban J connectivity index is 0.00000212. The molecule has 6 rings (SSSR count). The van der Waals surface area contributed by atoms with Crippen molar-refractivity contribution in [2.75, 3.05) is 33.4 Å². The molecule has 4 aromatic rings. The number of piperazine rings is 1. The van der Waals surface area contributed by atoms with Crippen LogP contribution in [0.15, 0.2) is 65.7 Å². The largest absolute Gasteiger partial charge is 0.385 e. The van der Waals surface area contributed by atoms with E-state index in [1.807, 2.05) is 64.1 Å². The molecule has 1 saturated carbocycles. The molecular formula is C31H40Cl2N6O4. The molecule has 1 amide bonds. The first-order chi connectivity index (χ1) is 20.0. The number of methoxy groups -OCH3 is 1. The van der Waals surface area contributed by atoms with Crippen molar-refractivity contribution >= 4 is 41.8 Å². The lowest BCUT2D eigenvalue weighted by Crippen LogP contribution is -2.54. The molecule has 43 heavy (non-hydrogen) atoms. The lowest BCUT2D eigenvalue weighted by molar-refractivity contribution is -0.0893. The summed E-state index contributed by atoms with van der Waals surface area (Å²) in [7, 11) is 1.61. The fourth-order valence-electron chi connectivity index (χ4n) is 6.69. The van der Waals surface area contributed by atoms with Gasteiger partial charge in [0.25, 0.3) is 5.91 Å². The zero-order valence-electron chi connectivity index (χ0n) is 24.3. The van der Waals surface area contributed by atoms with Crippen molar-refractivity contribution in [2.45, 2.75) is 56.3 Å². The summed E-state index contributed by atoms with van der Waals surface area (Å²) in [6.07, 6.45) is 5.67. The van der Waals surface area contributed by atoms with Crippen LogP contribution in [0.2, 0.25) is 0 Å². The van der Waals surface area contributed by atoms with E-state index in [-0.39, 0.29) is 55.1 Å². The van der Waals surface area contributed by atoms with E-state index in [0.29, 0.717) is 44.7 Å². The lowest BCUT2D eigenvalue weighted by Gasteiger charge is -2.41. The van der Waals surface area contributed by atoms with E-state index in [2.05, 4.69) is 10.3 Å². The Hall–Kier alpha value is -3.15. The van der Waals surface area contributed by atoms with Crippen molar-refractivity contribution in [1.29, 1.82) is 0 Å². The lowest BCUT2D eigenvalue weighted by atomic mass is 9.80. The monoisotopic (exact) mass is 630 g/mol. The summed E-state index contributed by atoms with van der Waals surface area (Å²) in [4.78, 5) is 36.5. The van der Waals surface area contributed by atoms with Crippen LogP contribution < -0.4 is 11.0 Å². The Morgan fingerprint density at radius 2 is 1.88 bits per heavy atom. The van der Waals surface area contributed by atoms with Crippen LogP contribution in [0.5, 0.6) is 0 Å². The van der Waals surface area contributed by atoms with E-state index in [4.69, 9.17) is 9.72 Å². The number of carbonyl (C=O) groups is 1. The van der Waals surface area contributed by atoms with Gasteiger partial charge in [-0.3, -0.25) is 9.36 Å². The molecule has 2 fully saturated rings. The Morgan fingerprint density at radius 3 is 2.67 bits per heavy atom. The molecule has 2 aromatic heterocycles. The topological polar surface area (TPSA) is 117 Å². The molecule has 232 valence electrons. The van der Waals surface area contributed by atoms with E-state index in [9.17, 15) is 14.7 Å². The van der Waals surface area contributed by atoms with Crippen LogP contribution in [-0.4, -0.2) is 80.0 Å². The van der Waals surface area contributed by atoms with Crippen molar-refractivity contribution < 1.29 is 14.6 Å². The number of halogens is 2. The molecule has 3 heterocycles. The number of amides is 1. The molecule has 1 saturated heterocycles. The van der Waals surface area contributed by atoms with Crippen molar-refractivity contribution in [1.82, 2.24) is 29.3 Å². The highest BCUT2D eigenvalue weighted by molar-refractivity contribution is 5.98. The molecule has 3 atom stereocenters. The van der Waals surface area contributed by atoms with E-state index in [1.54, 1.807) is 18.0 Å². The predicted molar refractivity (Wildman–Crippen MR) is 171 cm³/mol. The van der Waals surface area contributed by atoms with Crippen LogP contribution in [0.25, 0.3) is 22.3 Å². The number of imidazole rings is 2. The first kappa shape index (κ1) is 32.8. The Bertz CT molecular complexity index is 1570. The number of hydrogen-bond donors (Lipinski definition) is 3. The highest BCUT2D eigenvalue weighted by atomic mass is 35.5. The van der Waals surface area contributed by atoms with Gasteiger partial charge in [-0.1, -0.05) is 55.3 Å². The van der Waals surface area contributed by atoms with Gasteiger partial charge in [0, 0.05) is 44.9 Å². The van der Waals surface area contributed by atoms with Gasteiger partial charge in [-0.05, 0) is 31.4 Å². The van der Waals surface area contributed by atoms with Gasteiger partial charge in [-0.2, -0.15) is 0 Å². The number of aliphatic hydroxyl groups is 1. The number of benzene rings is 2. The number of hydrogen-bond acceptors (Lipinski definition) is 6. The number of nitrogens with one attached hydrogen (secondary N) is 2. The van der Waals surface area contributed by atoms with Crippen molar-refractivity contribution in [2.24, 2.45) is 0 Å². The summed E-state index contributed by atoms with van der Waals surface area (Å²) in [5.74, 6) is -0.133. The van der Waals surface area contributed by atoms with Crippen LogP contribution in [0.4, 0.5) is 0 Å². The number of carbonyl (C=O) groups excluding carboxylic acids is 1. The maximum atomic E-state index is 14.3. The number of ether oxygens (including phenoxy) is 1. The molecule has 12 heteroatoms. The number of fused-ring (bicyclic) bond motifs is 1. The number of aromatic nitrogens is 4. The van der Waals surface area contributed by atoms with Crippen molar-refractivity contribution in [3.05, 3.63) is 77.1 Å².